The average Bonchev–Trinajstić information content (AvgIpc) is 2.38. The Morgan fingerprint density at radius 3 is 2.82 bits per heavy atom. The Balaban J connectivity index is 1.95. The van der Waals surface area contributed by atoms with Crippen molar-refractivity contribution in [1.29, 1.82) is 0 Å². The minimum absolute atomic E-state index is 0.353. The molecule has 17 heavy (non-hydrogen) atoms. The third-order valence-electron chi connectivity index (χ3n) is 3.44. The summed E-state index contributed by atoms with van der Waals surface area (Å²) in [6, 6.07) is 1.70. The fourth-order valence-corrected chi connectivity index (χ4v) is 3.26. The summed E-state index contributed by atoms with van der Waals surface area (Å²) in [7, 11) is 0. The molecule has 1 aromatic heterocycles. The van der Waals surface area contributed by atoms with Gasteiger partial charge in [-0.1, -0.05) is 19.3 Å². The smallest absolute Gasteiger partial charge is 0.224 e. The highest BCUT2D eigenvalue weighted by Crippen LogP contribution is 2.38. The molecule has 0 saturated heterocycles. The van der Waals surface area contributed by atoms with Crippen LogP contribution in [0.25, 0.3) is 0 Å². The third-order valence-corrected chi connectivity index (χ3v) is 4.86. The van der Waals surface area contributed by atoms with Gasteiger partial charge in [-0.15, -0.1) is 0 Å². The molecule has 0 spiro atoms. The molecule has 0 atom stereocenters. The first-order valence-electron chi connectivity index (χ1n) is 6.12. The zero-order chi connectivity index (χ0) is 12.1. The zero-order valence-electron chi connectivity index (χ0n) is 10.3. The highest BCUT2D eigenvalue weighted by Gasteiger charge is 2.30. The summed E-state index contributed by atoms with van der Waals surface area (Å²) in [5.41, 5.74) is 5.64. The van der Waals surface area contributed by atoms with E-state index in [1.807, 2.05) is 11.8 Å². The third kappa shape index (κ3) is 3.25. The molecule has 1 aliphatic rings. The van der Waals surface area contributed by atoms with Crippen molar-refractivity contribution in [2.75, 3.05) is 23.9 Å². The summed E-state index contributed by atoms with van der Waals surface area (Å²) in [6.07, 6.45) is 10.5. The lowest BCUT2D eigenvalue weighted by Crippen LogP contribution is -2.35. The van der Waals surface area contributed by atoms with Crippen LogP contribution in [-0.2, 0) is 0 Å². The topological polar surface area (TPSA) is 63.8 Å². The number of hydrogen-bond donors (Lipinski definition) is 2. The van der Waals surface area contributed by atoms with Gasteiger partial charge in [-0.05, 0) is 25.2 Å². The molecule has 4 nitrogen and oxygen atoms in total. The summed E-state index contributed by atoms with van der Waals surface area (Å²) >= 11 is 1.97. The molecule has 1 aromatic rings. The highest BCUT2D eigenvalue weighted by molar-refractivity contribution is 8.00. The molecule has 0 aliphatic heterocycles. The quantitative estimate of drug-likeness (QED) is 0.862. The molecule has 94 valence electrons. The molecule has 1 saturated carbocycles. The number of nitrogen functional groups attached to an aromatic ring is 1. The maximum absolute atomic E-state index is 5.64. The van der Waals surface area contributed by atoms with Gasteiger partial charge in [0, 0.05) is 17.5 Å². The number of thioether (sulfide) groups is 1. The van der Waals surface area contributed by atoms with Gasteiger partial charge in [0.1, 0.15) is 5.82 Å². The minimum atomic E-state index is 0.353. The molecule has 0 amide bonds. The summed E-state index contributed by atoms with van der Waals surface area (Å²) in [5, 5.41) is 3.32. The fourth-order valence-electron chi connectivity index (χ4n) is 2.35. The molecule has 5 heteroatoms. The number of nitrogens with one attached hydrogen (secondary N) is 1. The molecular formula is C12H20N4S. The molecule has 1 heterocycles. The van der Waals surface area contributed by atoms with E-state index in [0.29, 0.717) is 16.5 Å². The van der Waals surface area contributed by atoms with Crippen LogP contribution in [0.1, 0.15) is 32.1 Å². The van der Waals surface area contributed by atoms with Crippen molar-refractivity contribution in [1.82, 2.24) is 9.97 Å². The molecular weight excluding hydrogens is 232 g/mol. The van der Waals surface area contributed by atoms with Crippen LogP contribution in [0.4, 0.5) is 11.8 Å². The van der Waals surface area contributed by atoms with E-state index in [4.69, 9.17) is 5.73 Å². The van der Waals surface area contributed by atoms with Gasteiger partial charge < -0.3 is 11.1 Å². The predicted octanol–water partition coefficient (Wildman–Crippen LogP) is 2.54. The van der Waals surface area contributed by atoms with Gasteiger partial charge in [0.15, 0.2) is 0 Å². The lowest BCUT2D eigenvalue weighted by Gasteiger charge is -2.35. The van der Waals surface area contributed by atoms with Gasteiger partial charge >= 0.3 is 0 Å². The van der Waals surface area contributed by atoms with E-state index in [9.17, 15) is 0 Å². The Labute approximate surface area is 107 Å². The Hall–Kier alpha value is -0.970. The van der Waals surface area contributed by atoms with E-state index in [-0.39, 0.29) is 0 Å². The molecule has 2 rings (SSSR count). The summed E-state index contributed by atoms with van der Waals surface area (Å²) in [4.78, 5) is 8.35. The van der Waals surface area contributed by atoms with Crippen molar-refractivity contribution < 1.29 is 0 Å². The van der Waals surface area contributed by atoms with Crippen LogP contribution in [0.2, 0.25) is 0 Å². The van der Waals surface area contributed by atoms with E-state index >= 15 is 0 Å². The fraction of sp³-hybridized carbons (Fsp3) is 0.667. The number of aromatic nitrogens is 2. The largest absolute Gasteiger partial charge is 0.384 e. The molecule has 0 aromatic carbocycles. The van der Waals surface area contributed by atoms with Crippen LogP contribution < -0.4 is 11.1 Å². The van der Waals surface area contributed by atoms with Crippen LogP contribution in [-0.4, -0.2) is 27.5 Å². The maximum Gasteiger partial charge on any atom is 0.224 e. The average molecular weight is 252 g/mol. The van der Waals surface area contributed by atoms with Crippen LogP contribution in [0.5, 0.6) is 0 Å². The van der Waals surface area contributed by atoms with Gasteiger partial charge in [-0.25, -0.2) is 4.98 Å². The molecule has 0 unspecified atom stereocenters. The molecule has 0 radical (unpaired) electrons. The first kappa shape index (κ1) is 12.5. The minimum Gasteiger partial charge on any atom is -0.384 e. The van der Waals surface area contributed by atoms with Gasteiger partial charge in [-0.2, -0.15) is 16.7 Å². The second kappa shape index (κ2) is 5.58. The normalized spacial score (nSPS) is 18.9. The Kier molecular flexibility index (Phi) is 4.10. The standard InChI is InChI=1S/C12H20N4S/c1-17-12(6-3-2-4-7-12)9-15-11-14-8-5-10(13)16-11/h5,8H,2-4,6-7,9H2,1H3,(H3,13,14,15,16). The van der Waals surface area contributed by atoms with Crippen molar-refractivity contribution in [3.63, 3.8) is 0 Å². The van der Waals surface area contributed by atoms with Gasteiger partial charge in [0.25, 0.3) is 0 Å². The first-order valence-corrected chi connectivity index (χ1v) is 7.34. The second-order valence-corrected chi connectivity index (χ2v) is 5.88. The molecule has 3 N–H and O–H groups in total. The number of rotatable bonds is 4. The summed E-state index contributed by atoms with van der Waals surface area (Å²) in [5.74, 6) is 1.16. The number of anilines is 2. The predicted molar refractivity (Wildman–Crippen MR) is 74.3 cm³/mol. The van der Waals surface area contributed by atoms with Gasteiger partial charge in [-0.3, -0.25) is 0 Å². The summed E-state index contributed by atoms with van der Waals surface area (Å²) in [6.45, 7) is 0.928. The van der Waals surface area contributed by atoms with Crippen LogP contribution in [0, 0.1) is 0 Å². The number of nitrogens with zero attached hydrogens (tertiary/aromatic N) is 2. The zero-order valence-corrected chi connectivity index (χ0v) is 11.1. The van der Waals surface area contributed by atoms with E-state index in [1.165, 1.54) is 32.1 Å². The van der Waals surface area contributed by atoms with E-state index in [0.717, 1.165) is 6.54 Å². The Bertz CT molecular complexity index is 363. The highest BCUT2D eigenvalue weighted by atomic mass is 32.2. The van der Waals surface area contributed by atoms with Crippen molar-refractivity contribution >= 4 is 23.5 Å². The van der Waals surface area contributed by atoms with Crippen LogP contribution >= 0.6 is 11.8 Å². The number of nitrogens with two attached hydrogens (primary N) is 1. The molecule has 0 bridgehead atoms. The Morgan fingerprint density at radius 2 is 2.18 bits per heavy atom. The van der Waals surface area contributed by atoms with Crippen molar-refractivity contribution in [2.45, 2.75) is 36.9 Å². The molecule has 1 aliphatic carbocycles. The molecule has 1 fully saturated rings. The van der Waals surface area contributed by atoms with E-state index in [2.05, 4.69) is 21.5 Å². The van der Waals surface area contributed by atoms with Crippen molar-refractivity contribution in [3.8, 4) is 0 Å². The second-order valence-electron chi connectivity index (χ2n) is 4.61. The monoisotopic (exact) mass is 252 g/mol. The summed E-state index contributed by atoms with van der Waals surface area (Å²) < 4.78 is 0.353. The SMILES string of the molecule is CSC1(CNc2nccc(N)n2)CCCCC1. The van der Waals surface area contributed by atoms with Crippen molar-refractivity contribution in [2.24, 2.45) is 0 Å². The van der Waals surface area contributed by atoms with Gasteiger partial charge in [0.05, 0.1) is 0 Å². The van der Waals surface area contributed by atoms with Gasteiger partial charge in [0.2, 0.25) is 5.95 Å². The lowest BCUT2D eigenvalue weighted by atomic mass is 9.88. The van der Waals surface area contributed by atoms with Crippen LogP contribution in [0.15, 0.2) is 12.3 Å². The van der Waals surface area contributed by atoms with E-state index < -0.39 is 0 Å². The first-order chi connectivity index (χ1) is 8.24. The maximum atomic E-state index is 5.64. The van der Waals surface area contributed by atoms with Crippen molar-refractivity contribution in [3.05, 3.63) is 12.3 Å². The Morgan fingerprint density at radius 1 is 1.41 bits per heavy atom. The van der Waals surface area contributed by atoms with Crippen LogP contribution in [0.3, 0.4) is 0 Å². The lowest BCUT2D eigenvalue weighted by molar-refractivity contribution is 0.411. The van der Waals surface area contributed by atoms with E-state index in [1.54, 1.807) is 12.3 Å². The number of hydrogen-bond acceptors (Lipinski definition) is 5.